The van der Waals surface area contributed by atoms with Gasteiger partial charge in [0.1, 0.15) is 0 Å². The first-order valence-corrected chi connectivity index (χ1v) is 4.72. The van der Waals surface area contributed by atoms with E-state index in [9.17, 15) is 4.79 Å². The number of H-pyrrole nitrogens is 1. The van der Waals surface area contributed by atoms with Gasteiger partial charge >= 0.3 is 0 Å². The van der Waals surface area contributed by atoms with Gasteiger partial charge in [0.15, 0.2) is 0 Å². The van der Waals surface area contributed by atoms with Crippen molar-refractivity contribution in [1.82, 2.24) is 9.97 Å². The Morgan fingerprint density at radius 3 is 2.80 bits per heavy atom. The van der Waals surface area contributed by atoms with Crippen LogP contribution >= 0.6 is 0 Å². The molecule has 0 aliphatic rings. The van der Waals surface area contributed by atoms with E-state index in [1.54, 1.807) is 6.07 Å². The van der Waals surface area contributed by atoms with Crippen molar-refractivity contribution in [2.75, 3.05) is 0 Å². The fourth-order valence-corrected chi connectivity index (χ4v) is 1.69. The topological polar surface area (TPSA) is 45.8 Å². The highest BCUT2D eigenvalue weighted by Gasteiger charge is 1.98. The van der Waals surface area contributed by atoms with Crippen molar-refractivity contribution in [3.05, 3.63) is 52.8 Å². The van der Waals surface area contributed by atoms with Crippen LogP contribution in [0.4, 0.5) is 0 Å². The van der Waals surface area contributed by atoms with E-state index in [0.29, 0.717) is 0 Å². The molecule has 0 spiro atoms. The number of rotatable bonds is 0. The standard InChI is InChI=1S/C12H8N2O/c15-12-6-5-10-11(14-12)7-8-3-1-2-4-9(8)13-10/h1-7H,(H,14,15). The van der Waals surface area contributed by atoms with Crippen LogP contribution in [0.15, 0.2) is 47.3 Å². The average molecular weight is 196 g/mol. The van der Waals surface area contributed by atoms with Crippen LogP contribution in [0.3, 0.4) is 0 Å². The minimum Gasteiger partial charge on any atom is -0.321 e. The lowest BCUT2D eigenvalue weighted by atomic mass is 10.2. The molecule has 1 N–H and O–H groups in total. The second kappa shape index (κ2) is 2.92. The lowest BCUT2D eigenvalue weighted by Gasteiger charge is -1.99. The summed E-state index contributed by atoms with van der Waals surface area (Å²) in [6.45, 7) is 0. The molecule has 0 aliphatic heterocycles. The van der Waals surface area contributed by atoms with Crippen LogP contribution < -0.4 is 5.56 Å². The second-order valence-electron chi connectivity index (χ2n) is 3.44. The van der Waals surface area contributed by atoms with Gasteiger partial charge in [-0.25, -0.2) is 4.98 Å². The van der Waals surface area contributed by atoms with Crippen molar-refractivity contribution in [2.45, 2.75) is 0 Å². The van der Waals surface area contributed by atoms with Crippen molar-refractivity contribution in [3.8, 4) is 0 Å². The van der Waals surface area contributed by atoms with Gasteiger partial charge in [0, 0.05) is 11.5 Å². The normalized spacial score (nSPS) is 10.9. The summed E-state index contributed by atoms with van der Waals surface area (Å²) in [4.78, 5) is 18.3. The van der Waals surface area contributed by atoms with Crippen LogP contribution in [0, 0.1) is 0 Å². The zero-order valence-corrected chi connectivity index (χ0v) is 7.90. The van der Waals surface area contributed by atoms with Gasteiger partial charge in [-0.15, -0.1) is 0 Å². The summed E-state index contributed by atoms with van der Waals surface area (Å²) in [5.41, 5.74) is 2.44. The maximum absolute atomic E-state index is 11.1. The molecular weight excluding hydrogens is 188 g/mol. The lowest BCUT2D eigenvalue weighted by Crippen LogP contribution is -2.02. The molecule has 72 valence electrons. The molecule has 0 saturated carbocycles. The number of fused-ring (bicyclic) bond motifs is 2. The minimum absolute atomic E-state index is 0.0976. The molecule has 2 aromatic heterocycles. The van der Waals surface area contributed by atoms with E-state index in [-0.39, 0.29) is 5.56 Å². The monoisotopic (exact) mass is 196 g/mol. The summed E-state index contributed by atoms with van der Waals surface area (Å²) in [7, 11) is 0. The molecule has 0 radical (unpaired) electrons. The summed E-state index contributed by atoms with van der Waals surface area (Å²) in [6.07, 6.45) is 0. The van der Waals surface area contributed by atoms with Gasteiger partial charge < -0.3 is 4.98 Å². The Balaban J connectivity index is 2.53. The number of nitrogens with zero attached hydrogens (tertiary/aromatic N) is 1. The highest BCUT2D eigenvalue weighted by Crippen LogP contribution is 2.16. The van der Waals surface area contributed by atoms with E-state index >= 15 is 0 Å². The molecule has 0 saturated heterocycles. The van der Waals surface area contributed by atoms with Crippen molar-refractivity contribution in [3.63, 3.8) is 0 Å². The molecule has 0 atom stereocenters. The SMILES string of the molecule is O=c1ccc2nc3ccccc3cc2[nH]1. The molecule has 0 bridgehead atoms. The van der Waals surface area contributed by atoms with Crippen molar-refractivity contribution in [2.24, 2.45) is 0 Å². The fraction of sp³-hybridized carbons (Fsp3) is 0. The number of hydrogen-bond donors (Lipinski definition) is 1. The number of hydrogen-bond acceptors (Lipinski definition) is 2. The zero-order valence-electron chi connectivity index (χ0n) is 7.90. The van der Waals surface area contributed by atoms with Gasteiger partial charge in [0.2, 0.25) is 5.56 Å². The number of para-hydroxylation sites is 1. The third-order valence-corrected chi connectivity index (χ3v) is 2.40. The van der Waals surface area contributed by atoms with Crippen LogP contribution in [0.25, 0.3) is 21.9 Å². The molecule has 0 amide bonds. The Bertz CT molecular complexity index is 700. The molecule has 3 rings (SSSR count). The Kier molecular flexibility index (Phi) is 1.59. The summed E-state index contributed by atoms with van der Waals surface area (Å²) in [5.74, 6) is 0. The smallest absolute Gasteiger partial charge is 0.248 e. The molecule has 15 heavy (non-hydrogen) atoms. The third-order valence-electron chi connectivity index (χ3n) is 2.40. The quantitative estimate of drug-likeness (QED) is 0.559. The predicted octanol–water partition coefficient (Wildman–Crippen LogP) is 2.08. The number of nitrogens with one attached hydrogen (secondary N) is 1. The molecule has 1 aromatic carbocycles. The maximum atomic E-state index is 11.1. The Morgan fingerprint density at radius 2 is 1.87 bits per heavy atom. The van der Waals surface area contributed by atoms with Crippen LogP contribution in [-0.2, 0) is 0 Å². The molecule has 0 unspecified atom stereocenters. The summed E-state index contributed by atoms with van der Waals surface area (Å²) in [5, 5.41) is 1.03. The highest BCUT2D eigenvalue weighted by atomic mass is 16.1. The third kappa shape index (κ3) is 1.29. The average Bonchev–Trinajstić information content (AvgIpc) is 2.26. The van der Waals surface area contributed by atoms with Crippen molar-refractivity contribution >= 4 is 21.9 Å². The zero-order chi connectivity index (χ0) is 10.3. The van der Waals surface area contributed by atoms with Gasteiger partial charge in [-0.2, -0.15) is 0 Å². The van der Waals surface area contributed by atoms with Crippen LogP contribution in [0.5, 0.6) is 0 Å². The Morgan fingerprint density at radius 1 is 1.00 bits per heavy atom. The van der Waals surface area contributed by atoms with Gasteiger partial charge in [0.25, 0.3) is 0 Å². The Hall–Kier alpha value is -2.16. The molecule has 0 aliphatic carbocycles. The fourth-order valence-electron chi connectivity index (χ4n) is 1.69. The van der Waals surface area contributed by atoms with E-state index in [1.165, 1.54) is 6.07 Å². The van der Waals surface area contributed by atoms with Gasteiger partial charge in [0.05, 0.1) is 16.6 Å². The van der Waals surface area contributed by atoms with E-state index in [1.807, 2.05) is 30.3 Å². The maximum Gasteiger partial charge on any atom is 0.248 e. The molecular formula is C12H8N2O. The van der Waals surface area contributed by atoms with E-state index in [2.05, 4.69) is 9.97 Å². The van der Waals surface area contributed by atoms with Gasteiger partial charge in [-0.3, -0.25) is 4.79 Å². The molecule has 3 heteroatoms. The largest absolute Gasteiger partial charge is 0.321 e. The number of benzene rings is 1. The predicted molar refractivity (Wildman–Crippen MR) is 59.9 cm³/mol. The lowest BCUT2D eigenvalue weighted by molar-refractivity contribution is 1.29. The van der Waals surface area contributed by atoms with Crippen LogP contribution in [0.1, 0.15) is 0 Å². The molecule has 3 aromatic rings. The minimum atomic E-state index is -0.0976. The Labute approximate surface area is 85.4 Å². The van der Waals surface area contributed by atoms with Crippen LogP contribution in [0.2, 0.25) is 0 Å². The van der Waals surface area contributed by atoms with Gasteiger partial charge in [-0.1, -0.05) is 18.2 Å². The number of pyridine rings is 2. The van der Waals surface area contributed by atoms with Gasteiger partial charge in [-0.05, 0) is 18.2 Å². The summed E-state index contributed by atoms with van der Waals surface area (Å²) < 4.78 is 0. The molecule has 0 fully saturated rings. The van der Waals surface area contributed by atoms with Crippen molar-refractivity contribution in [1.29, 1.82) is 0 Å². The number of aromatic nitrogens is 2. The second-order valence-corrected chi connectivity index (χ2v) is 3.44. The first kappa shape index (κ1) is 8.17. The molecule has 3 nitrogen and oxygen atoms in total. The number of aromatic amines is 1. The summed E-state index contributed by atoms with van der Waals surface area (Å²) in [6, 6.07) is 13.0. The highest BCUT2D eigenvalue weighted by molar-refractivity contribution is 5.90. The van der Waals surface area contributed by atoms with E-state index < -0.39 is 0 Å². The first-order valence-electron chi connectivity index (χ1n) is 4.72. The van der Waals surface area contributed by atoms with Crippen LogP contribution in [-0.4, -0.2) is 9.97 Å². The van der Waals surface area contributed by atoms with Crippen molar-refractivity contribution < 1.29 is 0 Å². The first-order chi connectivity index (χ1) is 7.33. The molecule has 2 heterocycles. The van der Waals surface area contributed by atoms with E-state index in [4.69, 9.17) is 0 Å². The van der Waals surface area contributed by atoms with E-state index in [0.717, 1.165) is 21.9 Å². The summed E-state index contributed by atoms with van der Waals surface area (Å²) >= 11 is 0.